The number of benzene rings is 1. The summed E-state index contributed by atoms with van der Waals surface area (Å²) in [6.07, 6.45) is 25.8. The molecule has 0 spiro atoms. The largest absolute Gasteiger partial charge is 0.0839 e. The first-order chi connectivity index (χ1) is 11.9. The number of allylic oxidation sites excluding steroid dienone is 1. The van der Waals surface area contributed by atoms with E-state index >= 15 is 0 Å². The third-order valence-electron chi connectivity index (χ3n) is 4.78. The number of rotatable bonds is 16. The van der Waals surface area contributed by atoms with Crippen LogP contribution in [0.4, 0.5) is 0 Å². The minimum Gasteiger partial charge on any atom is -0.0839 e. The highest BCUT2D eigenvalue weighted by molar-refractivity contribution is 5.48. The Balaban J connectivity index is 1.75. The molecule has 0 aliphatic heterocycles. The molecule has 1 aromatic carbocycles. The Hall–Kier alpha value is -1.04. The zero-order valence-electron chi connectivity index (χ0n) is 16.1. The van der Waals surface area contributed by atoms with Gasteiger partial charge in [-0.15, -0.1) is 0 Å². The summed E-state index contributed by atoms with van der Waals surface area (Å²) in [5.74, 6) is 0. The predicted octanol–water partition coefficient (Wildman–Crippen LogP) is 8.37. The highest BCUT2D eigenvalue weighted by Crippen LogP contribution is 2.13. The van der Waals surface area contributed by atoms with Crippen molar-refractivity contribution < 1.29 is 0 Å². The molecule has 0 heteroatoms. The van der Waals surface area contributed by atoms with Crippen LogP contribution in [0.3, 0.4) is 0 Å². The van der Waals surface area contributed by atoms with Gasteiger partial charge in [0.25, 0.3) is 0 Å². The van der Waals surface area contributed by atoms with Crippen LogP contribution >= 0.6 is 0 Å². The molecule has 0 N–H and O–H groups in total. The summed E-state index contributed by atoms with van der Waals surface area (Å²) in [6.45, 7) is 2.29. The van der Waals surface area contributed by atoms with Crippen molar-refractivity contribution in [2.45, 2.75) is 103 Å². The normalized spacial score (nSPS) is 11.4. The first-order valence-corrected chi connectivity index (χ1v) is 10.6. The second kappa shape index (κ2) is 16.8. The third-order valence-corrected chi connectivity index (χ3v) is 4.78. The molecule has 0 unspecified atom stereocenters. The van der Waals surface area contributed by atoms with E-state index < -0.39 is 0 Å². The molecule has 0 saturated carbocycles. The van der Waals surface area contributed by atoms with Crippen molar-refractivity contribution in [2.75, 3.05) is 0 Å². The summed E-state index contributed by atoms with van der Waals surface area (Å²) >= 11 is 0. The van der Waals surface area contributed by atoms with Crippen LogP contribution in [0.25, 0.3) is 6.08 Å². The Bertz CT molecular complexity index is 376. The van der Waals surface area contributed by atoms with Crippen molar-refractivity contribution in [1.82, 2.24) is 0 Å². The summed E-state index contributed by atoms with van der Waals surface area (Å²) in [5, 5.41) is 0. The Morgan fingerprint density at radius 3 is 1.62 bits per heavy atom. The van der Waals surface area contributed by atoms with Crippen molar-refractivity contribution >= 4 is 6.08 Å². The van der Waals surface area contributed by atoms with E-state index in [4.69, 9.17) is 0 Å². The topological polar surface area (TPSA) is 0 Å². The fraction of sp³-hybridized carbons (Fsp3) is 0.667. The Kier molecular flexibility index (Phi) is 14.7. The van der Waals surface area contributed by atoms with Gasteiger partial charge in [0.2, 0.25) is 0 Å². The van der Waals surface area contributed by atoms with Gasteiger partial charge in [-0.3, -0.25) is 0 Å². The van der Waals surface area contributed by atoms with Crippen LogP contribution in [0.1, 0.15) is 109 Å². The van der Waals surface area contributed by atoms with E-state index in [1.54, 1.807) is 0 Å². The number of unbranched alkanes of at least 4 members (excludes halogenated alkanes) is 14. The van der Waals surface area contributed by atoms with E-state index in [9.17, 15) is 0 Å². The predicted molar refractivity (Wildman–Crippen MR) is 109 cm³/mol. The first-order valence-electron chi connectivity index (χ1n) is 10.6. The molecule has 0 amide bonds. The van der Waals surface area contributed by atoms with Gasteiger partial charge < -0.3 is 0 Å². The smallest absolute Gasteiger partial charge is 0.0184 e. The Morgan fingerprint density at radius 2 is 1.12 bits per heavy atom. The van der Waals surface area contributed by atoms with Crippen LogP contribution in [0.2, 0.25) is 0 Å². The molecule has 0 heterocycles. The summed E-state index contributed by atoms with van der Waals surface area (Å²) in [5.41, 5.74) is 1.29. The van der Waals surface area contributed by atoms with Crippen LogP contribution < -0.4 is 0 Å². The molecule has 0 aliphatic rings. The molecule has 0 bridgehead atoms. The van der Waals surface area contributed by atoms with Gasteiger partial charge in [0, 0.05) is 0 Å². The summed E-state index contributed by atoms with van der Waals surface area (Å²) < 4.78 is 0. The molecule has 24 heavy (non-hydrogen) atoms. The Labute approximate surface area is 151 Å². The molecule has 0 aliphatic carbocycles. The van der Waals surface area contributed by atoms with Gasteiger partial charge in [-0.1, -0.05) is 127 Å². The zero-order chi connectivity index (χ0) is 17.1. The second-order valence-electron chi connectivity index (χ2n) is 7.12. The van der Waals surface area contributed by atoms with Crippen molar-refractivity contribution in [1.29, 1.82) is 0 Å². The van der Waals surface area contributed by atoms with E-state index in [0.717, 1.165) is 0 Å². The number of hydrogen-bond acceptors (Lipinski definition) is 0. The lowest BCUT2D eigenvalue weighted by Gasteiger charge is -2.02. The van der Waals surface area contributed by atoms with E-state index in [0.29, 0.717) is 0 Å². The molecule has 1 aromatic rings. The molecule has 0 nitrogen and oxygen atoms in total. The maximum absolute atomic E-state index is 3.06. The summed E-state index contributed by atoms with van der Waals surface area (Å²) in [6, 6.07) is 11.2. The summed E-state index contributed by atoms with van der Waals surface area (Å²) in [7, 11) is 0. The molecule has 1 radical (unpaired) electrons. The van der Waals surface area contributed by atoms with Gasteiger partial charge in [-0.2, -0.15) is 0 Å². The van der Waals surface area contributed by atoms with Crippen LogP contribution in [-0.4, -0.2) is 0 Å². The van der Waals surface area contributed by atoms with Gasteiger partial charge in [-0.25, -0.2) is 0 Å². The van der Waals surface area contributed by atoms with Gasteiger partial charge in [-0.05, 0) is 24.5 Å². The highest BCUT2D eigenvalue weighted by atomic mass is 14.0. The average Bonchev–Trinajstić information content (AvgIpc) is 2.62. The van der Waals surface area contributed by atoms with Crippen LogP contribution in [0.15, 0.2) is 30.3 Å². The average molecular weight is 328 g/mol. The molecule has 0 saturated heterocycles. The van der Waals surface area contributed by atoms with Crippen LogP contribution in [-0.2, 0) is 0 Å². The van der Waals surface area contributed by atoms with Crippen molar-refractivity contribution in [2.24, 2.45) is 0 Å². The van der Waals surface area contributed by atoms with Crippen LogP contribution in [0, 0.1) is 6.07 Å². The fourth-order valence-corrected chi connectivity index (χ4v) is 3.19. The first kappa shape index (κ1) is 21.0. The quantitative estimate of drug-likeness (QED) is 0.267. The van der Waals surface area contributed by atoms with Crippen molar-refractivity contribution in [3.63, 3.8) is 0 Å². The molecular formula is C24H39. The van der Waals surface area contributed by atoms with Gasteiger partial charge >= 0.3 is 0 Å². The standard InChI is InChI=1S/C24H39/c1-2-3-4-5-6-7-8-9-10-11-12-13-14-15-16-18-21-24-22-19-17-20-23-24/h18-23H,2-16H2,1H3. The highest BCUT2D eigenvalue weighted by Gasteiger charge is 1.93. The maximum Gasteiger partial charge on any atom is -0.0184 e. The number of hydrogen-bond donors (Lipinski definition) is 0. The minimum absolute atomic E-state index is 1.22. The third kappa shape index (κ3) is 13.4. The molecular weight excluding hydrogens is 288 g/mol. The van der Waals surface area contributed by atoms with Gasteiger partial charge in [0.05, 0.1) is 0 Å². The Morgan fingerprint density at radius 1 is 0.667 bits per heavy atom. The van der Waals surface area contributed by atoms with Crippen LogP contribution in [0.5, 0.6) is 0 Å². The monoisotopic (exact) mass is 327 g/mol. The SMILES string of the molecule is CCCCCCCCCCCCCCCCC=Cc1cc[c]cc1. The van der Waals surface area contributed by atoms with E-state index in [2.05, 4.69) is 37.3 Å². The lowest BCUT2D eigenvalue weighted by molar-refractivity contribution is 0.536. The van der Waals surface area contributed by atoms with E-state index in [1.807, 2.05) is 12.1 Å². The maximum atomic E-state index is 3.06. The lowest BCUT2D eigenvalue weighted by Crippen LogP contribution is -1.83. The summed E-state index contributed by atoms with van der Waals surface area (Å²) in [4.78, 5) is 0. The zero-order valence-corrected chi connectivity index (χ0v) is 16.1. The molecule has 0 atom stereocenters. The molecule has 0 fully saturated rings. The van der Waals surface area contributed by atoms with E-state index in [1.165, 1.54) is 102 Å². The minimum atomic E-state index is 1.22. The van der Waals surface area contributed by atoms with E-state index in [-0.39, 0.29) is 0 Å². The molecule has 135 valence electrons. The van der Waals surface area contributed by atoms with Crippen molar-refractivity contribution in [3.8, 4) is 0 Å². The second-order valence-corrected chi connectivity index (χ2v) is 7.12. The van der Waals surface area contributed by atoms with Gasteiger partial charge in [0.15, 0.2) is 0 Å². The molecule has 0 aromatic heterocycles. The van der Waals surface area contributed by atoms with Crippen molar-refractivity contribution in [3.05, 3.63) is 42.0 Å². The van der Waals surface area contributed by atoms with Gasteiger partial charge in [0.1, 0.15) is 0 Å². The lowest BCUT2D eigenvalue weighted by atomic mass is 10.0. The fourth-order valence-electron chi connectivity index (χ4n) is 3.19. The molecule has 1 rings (SSSR count).